The number of aryl methyl sites for hydroxylation is 1. The number of anilines is 1. The number of halogens is 2. The lowest BCUT2D eigenvalue weighted by molar-refractivity contribution is -0.117. The molecule has 3 aromatic rings. The predicted molar refractivity (Wildman–Crippen MR) is 111 cm³/mol. The van der Waals surface area contributed by atoms with Gasteiger partial charge in [0, 0.05) is 22.6 Å². The number of benzodiazepines with no additional fused rings is 1. The molecule has 1 aliphatic rings. The Morgan fingerprint density at radius 3 is 2.61 bits per heavy atom. The molecule has 5 heteroatoms. The highest BCUT2D eigenvalue weighted by Crippen LogP contribution is 2.28. The van der Waals surface area contributed by atoms with E-state index < -0.39 is 6.04 Å². The van der Waals surface area contributed by atoms with Crippen LogP contribution in [-0.2, 0) is 11.2 Å². The molecule has 0 saturated carbocycles. The van der Waals surface area contributed by atoms with Crippen LogP contribution in [0.15, 0.2) is 71.7 Å². The van der Waals surface area contributed by atoms with Gasteiger partial charge in [-0.05, 0) is 55.0 Å². The van der Waals surface area contributed by atoms with E-state index in [4.69, 9.17) is 16.6 Å². The van der Waals surface area contributed by atoms with E-state index in [2.05, 4.69) is 11.4 Å². The Labute approximate surface area is 167 Å². The van der Waals surface area contributed by atoms with E-state index in [9.17, 15) is 9.18 Å². The van der Waals surface area contributed by atoms with Crippen molar-refractivity contribution in [3.63, 3.8) is 0 Å². The zero-order valence-corrected chi connectivity index (χ0v) is 16.0. The summed E-state index contributed by atoms with van der Waals surface area (Å²) in [6.45, 7) is 2.02. The SMILES string of the molecule is Cc1cccc(CC2N=C(c3ccc(F)cc3)c3cc(Cl)ccc3NC2=O)c1. The molecule has 0 radical (unpaired) electrons. The molecule has 0 bridgehead atoms. The van der Waals surface area contributed by atoms with E-state index in [1.54, 1.807) is 30.3 Å². The minimum Gasteiger partial charge on any atom is -0.324 e. The second-order valence-corrected chi connectivity index (χ2v) is 7.31. The molecule has 3 nitrogen and oxygen atoms in total. The molecule has 0 spiro atoms. The Balaban J connectivity index is 1.82. The Kier molecular flexibility index (Phi) is 4.97. The number of aliphatic imine (C=N–C) groups is 1. The van der Waals surface area contributed by atoms with Crippen molar-refractivity contribution < 1.29 is 9.18 Å². The topological polar surface area (TPSA) is 41.5 Å². The highest BCUT2D eigenvalue weighted by molar-refractivity contribution is 6.32. The van der Waals surface area contributed by atoms with E-state index in [0.29, 0.717) is 22.8 Å². The maximum atomic E-state index is 13.4. The maximum Gasteiger partial charge on any atom is 0.249 e. The van der Waals surface area contributed by atoms with Gasteiger partial charge < -0.3 is 5.32 Å². The summed E-state index contributed by atoms with van der Waals surface area (Å²) in [5, 5.41) is 3.50. The third kappa shape index (κ3) is 3.82. The van der Waals surface area contributed by atoms with Crippen molar-refractivity contribution in [2.75, 3.05) is 5.32 Å². The molecule has 1 atom stereocenters. The van der Waals surface area contributed by atoms with Gasteiger partial charge in [0.2, 0.25) is 5.91 Å². The number of nitrogens with one attached hydrogen (secondary N) is 1. The first-order valence-electron chi connectivity index (χ1n) is 9.00. The predicted octanol–water partition coefficient (Wildman–Crippen LogP) is 5.19. The number of amides is 1. The van der Waals surface area contributed by atoms with Gasteiger partial charge in [-0.1, -0.05) is 41.4 Å². The zero-order chi connectivity index (χ0) is 19.7. The normalized spacial score (nSPS) is 16.0. The van der Waals surface area contributed by atoms with Crippen molar-refractivity contribution in [3.8, 4) is 0 Å². The van der Waals surface area contributed by atoms with E-state index in [1.165, 1.54) is 12.1 Å². The number of benzene rings is 3. The molecule has 1 unspecified atom stereocenters. The average Bonchev–Trinajstić information content (AvgIpc) is 2.79. The summed E-state index contributed by atoms with van der Waals surface area (Å²) in [6.07, 6.45) is 0.472. The molecule has 1 aliphatic heterocycles. The van der Waals surface area contributed by atoms with Gasteiger partial charge in [-0.3, -0.25) is 9.79 Å². The fourth-order valence-corrected chi connectivity index (χ4v) is 3.53. The largest absolute Gasteiger partial charge is 0.324 e. The van der Waals surface area contributed by atoms with Crippen LogP contribution in [0.5, 0.6) is 0 Å². The lowest BCUT2D eigenvalue weighted by atomic mass is 10.00. The smallest absolute Gasteiger partial charge is 0.249 e. The summed E-state index contributed by atoms with van der Waals surface area (Å²) < 4.78 is 13.4. The first-order chi connectivity index (χ1) is 13.5. The fourth-order valence-electron chi connectivity index (χ4n) is 3.36. The molecule has 3 aromatic carbocycles. The van der Waals surface area contributed by atoms with E-state index >= 15 is 0 Å². The van der Waals surface area contributed by atoms with Gasteiger partial charge in [0.1, 0.15) is 11.9 Å². The fraction of sp³-hybridized carbons (Fsp3) is 0.130. The first-order valence-corrected chi connectivity index (χ1v) is 9.37. The van der Waals surface area contributed by atoms with Gasteiger partial charge in [-0.15, -0.1) is 0 Å². The van der Waals surface area contributed by atoms with Crippen molar-refractivity contribution >= 4 is 28.9 Å². The van der Waals surface area contributed by atoms with Crippen molar-refractivity contribution in [1.29, 1.82) is 0 Å². The first kappa shape index (κ1) is 18.4. The van der Waals surface area contributed by atoms with Gasteiger partial charge in [0.15, 0.2) is 0 Å². The minimum absolute atomic E-state index is 0.179. The average molecular weight is 393 g/mol. The zero-order valence-electron chi connectivity index (χ0n) is 15.2. The number of rotatable bonds is 3. The highest BCUT2D eigenvalue weighted by Gasteiger charge is 2.26. The van der Waals surface area contributed by atoms with Crippen LogP contribution in [-0.4, -0.2) is 17.7 Å². The van der Waals surface area contributed by atoms with Gasteiger partial charge in [0.05, 0.1) is 11.4 Å². The Bertz CT molecular complexity index is 1080. The van der Waals surface area contributed by atoms with Gasteiger partial charge in [0.25, 0.3) is 0 Å². The molecule has 1 amide bonds. The second kappa shape index (κ2) is 7.56. The molecular weight excluding hydrogens is 375 g/mol. The molecule has 0 aliphatic carbocycles. The third-order valence-electron chi connectivity index (χ3n) is 4.71. The van der Waals surface area contributed by atoms with Gasteiger partial charge in [-0.2, -0.15) is 0 Å². The minimum atomic E-state index is -0.604. The molecule has 1 heterocycles. The third-order valence-corrected chi connectivity index (χ3v) is 4.95. The highest BCUT2D eigenvalue weighted by atomic mass is 35.5. The number of hydrogen-bond donors (Lipinski definition) is 1. The van der Waals surface area contributed by atoms with Crippen LogP contribution in [0, 0.1) is 12.7 Å². The summed E-state index contributed by atoms with van der Waals surface area (Å²) >= 11 is 6.20. The summed E-state index contributed by atoms with van der Waals surface area (Å²) in [7, 11) is 0. The molecule has 28 heavy (non-hydrogen) atoms. The van der Waals surface area contributed by atoms with E-state index in [0.717, 1.165) is 22.3 Å². The van der Waals surface area contributed by atoms with Crippen LogP contribution >= 0.6 is 11.6 Å². The van der Waals surface area contributed by atoms with Crippen LogP contribution < -0.4 is 5.32 Å². The number of hydrogen-bond acceptors (Lipinski definition) is 2. The summed E-state index contributed by atoms with van der Waals surface area (Å²) in [5.74, 6) is -0.503. The number of carbonyl (C=O) groups excluding carboxylic acids is 1. The van der Waals surface area contributed by atoms with Crippen molar-refractivity contribution in [1.82, 2.24) is 0 Å². The van der Waals surface area contributed by atoms with Crippen LogP contribution in [0.3, 0.4) is 0 Å². The monoisotopic (exact) mass is 392 g/mol. The lowest BCUT2D eigenvalue weighted by Crippen LogP contribution is -2.27. The lowest BCUT2D eigenvalue weighted by Gasteiger charge is -2.12. The summed E-state index contributed by atoms with van der Waals surface area (Å²) in [6, 6.07) is 18.8. The van der Waals surface area contributed by atoms with Gasteiger partial charge in [-0.25, -0.2) is 4.39 Å². The molecule has 0 fully saturated rings. The molecule has 140 valence electrons. The molecular formula is C23H18ClFN2O. The van der Waals surface area contributed by atoms with Crippen LogP contribution in [0.2, 0.25) is 5.02 Å². The number of nitrogens with zero attached hydrogens (tertiary/aromatic N) is 1. The summed E-state index contributed by atoms with van der Waals surface area (Å²) in [4.78, 5) is 17.7. The van der Waals surface area contributed by atoms with Gasteiger partial charge >= 0.3 is 0 Å². The maximum absolute atomic E-state index is 13.4. The molecule has 4 rings (SSSR count). The van der Waals surface area contributed by atoms with Crippen LogP contribution in [0.25, 0.3) is 0 Å². The Hall–Kier alpha value is -2.98. The molecule has 1 N–H and O–H groups in total. The number of carbonyl (C=O) groups is 1. The molecule has 0 saturated heterocycles. The number of fused-ring (bicyclic) bond motifs is 1. The molecule has 0 aromatic heterocycles. The van der Waals surface area contributed by atoms with E-state index in [-0.39, 0.29) is 11.7 Å². The van der Waals surface area contributed by atoms with Crippen LogP contribution in [0.4, 0.5) is 10.1 Å². The Morgan fingerprint density at radius 1 is 1.07 bits per heavy atom. The summed E-state index contributed by atoms with van der Waals surface area (Å²) in [5.41, 5.74) is 4.88. The second-order valence-electron chi connectivity index (χ2n) is 6.87. The van der Waals surface area contributed by atoms with Crippen molar-refractivity contribution in [2.45, 2.75) is 19.4 Å². The Morgan fingerprint density at radius 2 is 1.86 bits per heavy atom. The van der Waals surface area contributed by atoms with Crippen molar-refractivity contribution in [2.24, 2.45) is 4.99 Å². The van der Waals surface area contributed by atoms with Crippen molar-refractivity contribution in [3.05, 3.63) is 99.8 Å². The van der Waals surface area contributed by atoms with E-state index in [1.807, 2.05) is 25.1 Å². The standard InChI is InChI=1S/C23H18ClFN2O/c1-14-3-2-4-15(11-14)12-21-23(28)27-20-10-7-17(24)13-19(20)22(26-21)16-5-8-18(25)9-6-16/h2-11,13,21H,12H2,1H3,(H,27,28). The van der Waals surface area contributed by atoms with Crippen LogP contribution in [0.1, 0.15) is 22.3 Å². The quantitative estimate of drug-likeness (QED) is 0.654.